The van der Waals surface area contributed by atoms with Crippen LogP contribution in [0.1, 0.15) is 11.1 Å². The number of halogens is 7. The lowest BCUT2D eigenvalue weighted by Gasteiger charge is -2.16. The molecule has 154 valence electrons. The average molecular weight is 494 g/mol. The summed E-state index contributed by atoms with van der Waals surface area (Å²) in [4.78, 5) is -0.656. The van der Waals surface area contributed by atoms with Gasteiger partial charge in [0, 0.05) is 16.6 Å². The second-order valence-corrected chi connectivity index (χ2v) is 7.82. The molecular weight excluding hydrogens is 484 g/mol. The van der Waals surface area contributed by atoms with Crippen LogP contribution in [0.5, 0.6) is 11.5 Å². The van der Waals surface area contributed by atoms with Crippen LogP contribution in [0.15, 0.2) is 39.7 Å². The largest absolute Gasteiger partial charge is 0.507 e. The third-order valence-corrected chi connectivity index (χ3v) is 5.74. The summed E-state index contributed by atoms with van der Waals surface area (Å²) < 4.78 is 108. The molecule has 0 amide bonds. The van der Waals surface area contributed by atoms with Crippen LogP contribution in [0, 0.1) is 0 Å². The van der Waals surface area contributed by atoms with Gasteiger partial charge >= 0.3 is 12.4 Å². The zero-order valence-electron chi connectivity index (χ0n) is 13.6. The maximum absolute atomic E-state index is 13.0. The molecule has 0 aromatic heterocycles. The molecule has 0 unspecified atom stereocenters. The molecule has 2 aromatic rings. The number of ether oxygens (including phenoxy) is 1. The molecule has 28 heavy (non-hydrogen) atoms. The van der Waals surface area contributed by atoms with E-state index in [1.807, 2.05) is 4.72 Å². The Balaban J connectivity index is 2.47. The molecule has 0 atom stereocenters. The average Bonchev–Trinajstić information content (AvgIpc) is 2.51. The number of hydrogen-bond acceptors (Lipinski definition) is 4. The third kappa shape index (κ3) is 4.63. The Morgan fingerprint density at radius 1 is 1.00 bits per heavy atom. The van der Waals surface area contributed by atoms with E-state index in [1.165, 1.54) is 0 Å². The van der Waals surface area contributed by atoms with Crippen molar-refractivity contribution in [1.29, 1.82) is 0 Å². The number of nitrogens with one attached hydrogen (secondary N) is 1. The van der Waals surface area contributed by atoms with E-state index in [2.05, 4.69) is 20.7 Å². The summed E-state index contributed by atoms with van der Waals surface area (Å²) in [5.74, 6) is -2.00. The Morgan fingerprint density at radius 2 is 1.57 bits per heavy atom. The van der Waals surface area contributed by atoms with Crippen LogP contribution in [-0.4, -0.2) is 20.6 Å². The first-order valence-corrected chi connectivity index (χ1v) is 9.32. The number of sulfonamides is 1. The number of rotatable bonds is 4. The molecule has 0 aliphatic heterocycles. The Morgan fingerprint density at radius 3 is 2.04 bits per heavy atom. The number of anilines is 1. The predicted molar refractivity (Wildman–Crippen MR) is 89.6 cm³/mol. The lowest BCUT2D eigenvalue weighted by molar-refractivity contribution is -0.139. The summed E-state index contributed by atoms with van der Waals surface area (Å²) >= 11 is 2.73. The zero-order chi connectivity index (χ0) is 21.5. The molecule has 0 aliphatic carbocycles. The molecule has 5 nitrogen and oxygen atoms in total. The quantitative estimate of drug-likeness (QED) is 0.587. The van der Waals surface area contributed by atoms with Crippen molar-refractivity contribution in [3.63, 3.8) is 0 Å². The van der Waals surface area contributed by atoms with Crippen molar-refractivity contribution in [3.05, 3.63) is 45.9 Å². The van der Waals surface area contributed by atoms with Gasteiger partial charge in [-0.1, -0.05) is 0 Å². The molecule has 0 heterocycles. The second kappa shape index (κ2) is 7.35. The van der Waals surface area contributed by atoms with E-state index in [0.717, 1.165) is 13.2 Å². The minimum absolute atomic E-state index is 0.434. The third-order valence-electron chi connectivity index (χ3n) is 3.40. The van der Waals surface area contributed by atoms with Crippen LogP contribution < -0.4 is 9.46 Å². The number of hydrogen-bond donors (Lipinski definition) is 2. The van der Waals surface area contributed by atoms with Gasteiger partial charge in [0.25, 0.3) is 10.0 Å². The number of methoxy groups -OCH3 is 1. The first kappa shape index (κ1) is 22.1. The van der Waals surface area contributed by atoms with Gasteiger partial charge in [-0.3, -0.25) is 4.72 Å². The lowest BCUT2D eigenvalue weighted by Crippen LogP contribution is -2.16. The van der Waals surface area contributed by atoms with Crippen molar-refractivity contribution in [2.24, 2.45) is 0 Å². The Kier molecular flexibility index (Phi) is 5.81. The van der Waals surface area contributed by atoms with Crippen molar-refractivity contribution in [2.75, 3.05) is 11.8 Å². The summed E-state index contributed by atoms with van der Waals surface area (Å²) in [5, 5.41) is 9.45. The SMILES string of the molecule is COc1cc(S(=O)(=O)Nc2ccc(C(F)(F)F)c(O)c2)c(Br)cc1C(F)(F)F. The van der Waals surface area contributed by atoms with Gasteiger partial charge in [0.15, 0.2) is 0 Å². The van der Waals surface area contributed by atoms with E-state index in [1.54, 1.807) is 0 Å². The van der Waals surface area contributed by atoms with Crippen molar-refractivity contribution in [2.45, 2.75) is 17.2 Å². The number of phenols is 1. The van der Waals surface area contributed by atoms with Crippen molar-refractivity contribution >= 4 is 31.6 Å². The van der Waals surface area contributed by atoms with E-state index < -0.39 is 60.1 Å². The number of benzene rings is 2. The Bertz CT molecular complexity index is 1000. The molecule has 0 spiro atoms. The Hall–Kier alpha value is -2.15. The molecule has 0 radical (unpaired) electrons. The van der Waals surface area contributed by atoms with E-state index >= 15 is 0 Å². The molecule has 0 saturated carbocycles. The predicted octanol–water partition coefficient (Wildman–Crippen LogP) is 5.00. The first-order valence-electron chi connectivity index (χ1n) is 7.04. The van der Waals surface area contributed by atoms with Crippen molar-refractivity contribution in [3.8, 4) is 11.5 Å². The fraction of sp³-hybridized carbons (Fsp3) is 0.200. The lowest BCUT2D eigenvalue weighted by atomic mass is 10.2. The summed E-state index contributed by atoms with van der Waals surface area (Å²) in [5.41, 5.74) is -3.04. The van der Waals surface area contributed by atoms with Gasteiger partial charge in [-0.2, -0.15) is 26.3 Å². The molecule has 13 heteroatoms. The van der Waals surface area contributed by atoms with Gasteiger partial charge in [-0.05, 0) is 34.1 Å². The summed E-state index contributed by atoms with van der Waals surface area (Å²) in [6, 6.07) is 2.83. The van der Waals surface area contributed by atoms with E-state index in [4.69, 9.17) is 0 Å². The topological polar surface area (TPSA) is 75.6 Å². The first-order chi connectivity index (χ1) is 12.7. The minimum atomic E-state index is -4.86. The molecule has 0 bridgehead atoms. The fourth-order valence-electron chi connectivity index (χ4n) is 2.18. The molecule has 0 fully saturated rings. The maximum Gasteiger partial charge on any atom is 0.420 e. The van der Waals surface area contributed by atoms with Gasteiger partial charge in [-0.15, -0.1) is 0 Å². The van der Waals surface area contributed by atoms with Crippen molar-refractivity contribution < 1.29 is 44.6 Å². The van der Waals surface area contributed by atoms with Crippen LogP contribution in [0.3, 0.4) is 0 Å². The van der Waals surface area contributed by atoms with E-state index in [-0.39, 0.29) is 0 Å². The van der Waals surface area contributed by atoms with Gasteiger partial charge in [0.1, 0.15) is 16.4 Å². The number of alkyl halides is 6. The van der Waals surface area contributed by atoms with E-state index in [0.29, 0.717) is 24.3 Å². The standard InChI is InChI=1S/C15H10BrF6NO4S/c1-27-12-6-13(10(16)5-9(12)15(20,21)22)28(25,26)23-7-2-3-8(11(24)4-7)14(17,18)19/h2-6,23-24H,1H3. The fourth-order valence-corrected chi connectivity index (χ4v) is 4.28. The number of phenolic OH excluding ortho intramolecular Hbond substituents is 1. The maximum atomic E-state index is 13.0. The van der Waals surface area contributed by atoms with Crippen LogP contribution in [0.4, 0.5) is 32.0 Å². The summed E-state index contributed by atoms with van der Waals surface area (Å²) in [7, 11) is -3.63. The van der Waals surface area contributed by atoms with Gasteiger partial charge in [0.2, 0.25) is 0 Å². The molecule has 0 aliphatic rings. The monoisotopic (exact) mass is 493 g/mol. The van der Waals surface area contributed by atoms with Crippen LogP contribution in [0.25, 0.3) is 0 Å². The molecular formula is C15H10BrF6NO4S. The minimum Gasteiger partial charge on any atom is -0.507 e. The highest BCUT2D eigenvalue weighted by Gasteiger charge is 2.37. The van der Waals surface area contributed by atoms with Gasteiger partial charge in [-0.25, -0.2) is 8.42 Å². The Labute approximate surface area is 163 Å². The molecule has 0 saturated heterocycles. The second-order valence-electron chi connectivity index (χ2n) is 5.32. The van der Waals surface area contributed by atoms with Crippen LogP contribution >= 0.6 is 15.9 Å². The zero-order valence-corrected chi connectivity index (χ0v) is 16.0. The van der Waals surface area contributed by atoms with Gasteiger partial charge in [0.05, 0.1) is 23.9 Å². The number of aromatic hydroxyl groups is 1. The molecule has 2 aromatic carbocycles. The molecule has 2 N–H and O–H groups in total. The highest BCUT2D eigenvalue weighted by molar-refractivity contribution is 9.10. The molecule has 2 rings (SSSR count). The highest BCUT2D eigenvalue weighted by atomic mass is 79.9. The van der Waals surface area contributed by atoms with E-state index in [9.17, 15) is 39.9 Å². The highest BCUT2D eigenvalue weighted by Crippen LogP contribution is 2.41. The van der Waals surface area contributed by atoms with Crippen LogP contribution in [0.2, 0.25) is 0 Å². The van der Waals surface area contributed by atoms with Crippen molar-refractivity contribution in [1.82, 2.24) is 0 Å². The normalized spacial score (nSPS) is 12.7. The smallest absolute Gasteiger partial charge is 0.420 e. The summed E-state index contributed by atoms with van der Waals surface area (Å²) in [6.07, 6.45) is -9.67. The van der Waals surface area contributed by atoms with Gasteiger partial charge < -0.3 is 9.84 Å². The van der Waals surface area contributed by atoms with Crippen LogP contribution in [-0.2, 0) is 22.4 Å². The summed E-state index contributed by atoms with van der Waals surface area (Å²) in [6.45, 7) is 0.